The molecule has 0 aliphatic carbocycles. The first-order valence-corrected chi connectivity index (χ1v) is 13.7. The largest absolute Gasteiger partial charge is 0.459 e. The number of alkyl carbamates (subject to hydrolysis) is 2. The summed E-state index contributed by atoms with van der Waals surface area (Å²) in [4.78, 5) is 35.5. The normalized spacial score (nSPS) is 12.1. The average Bonchev–Trinajstić information content (AvgIpc) is 3.23. The number of benzene rings is 2. The zero-order chi connectivity index (χ0) is 29.1. The maximum Gasteiger partial charge on any atom is 0.407 e. The van der Waals surface area contributed by atoms with Gasteiger partial charge in [-0.05, 0) is 43.2 Å². The van der Waals surface area contributed by atoms with Crippen molar-refractivity contribution in [1.29, 1.82) is 0 Å². The molecule has 2 N–H and O–H groups in total. The second-order valence-electron chi connectivity index (χ2n) is 10.9. The van der Waals surface area contributed by atoms with Crippen LogP contribution < -0.4 is 10.6 Å². The minimum atomic E-state index is -0.558. The predicted molar refractivity (Wildman–Crippen MR) is 156 cm³/mol. The van der Waals surface area contributed by atoms with Crippen molar-refractivity contribution >= 4 is 40.0 Å². The first kappa shape index (κ1) is 30.5. The van der Waals surface area contributed by atoms with Crippen molar-refractivity contribution in [2.45, 2.75) is 47.1 Å². The Bertz CT molecular complexity index is 1280. The molecule has 9 heteroatoms. The maximum absolute atomic E-state index is 12.3. The van der Waals surface area contributed by atoms with Crippen LogP contribution >= 0.6 is 0 Å². The third kappa shape index (κ3) is 9.03. The molecule has 3 aromatic rings. The number of nitrogens with zero attached hydrogens (tertiary/aromatic N) is 1. The van der Waals surface area contributed by atoms with Crippen molar-refractivity contribution in [3.8, 4) is 0 Å². The number of para-hydroxylation sites is 2. The molecule has 40 heavy (non-hydrogen) atoms. The van der Waals surface area contributed by atoms with Crippen LogP contribution in [0.3, 0.4) is 0 Å². The number of carbonyl (C=O) groups is 3. The molecule has 2 aromatic carbocycles. The minimum absolute atomic E-state index is 0.0187. The van der Waals surface area contributed by atoms with Crippen molar-refractivity contribution in [2.24, 2.45) is 11.3 Å². The van der Waals surface area contributed by atoms with Crippen LogP contribution in [-0.4, -0.2) is 55.6 Å². The van der Waals surface area contributed by atoms with E-state index in [1.54, 1.807) is 6.92 Å². The van der Waals surface area contributed by atoms with Gasteiger partial charge in [0, 0.05) is 40.5 Å². The van der Waals surface area contributed by atoms with Gasteiger partial charge >= 0.3 is 18.2 Å². The lowest BCUT2D eigenvalue weighted by Crippen LogP contribution is -2.36. The van der Waals surface area contributed by atoms with Crippen molar-refractivity contribution in [3.63, 3.8) is 0 Å². The summed E-state index contributed by atoms with van der Waals surface area (Å²) in [5.41, 5.74) is 2.36. The van der Waals surface area contributed by atoms with Gasteiger partial charge in [0.1, 0.15) is 19.8 Å². The Morgan fingerprint density at radius 3 is 2.05 bits per heavy atom. The van der Waals surface area contributed by atoms with Crippen molar-refractivity contribution < 1.29 is 28.6 Å². The minimum Gasteiger partial charge on any atom is -0.459 e. The van der Waals surface area contributed by atoms with Gasteiger partial charge in [-0.2, -0.15) is 0 Å². The fourth-order valence-electron chi connectivity index (χ4n) is 4.82. The smallest absolute Gasteiger partial charge is 0.407 e. The second-order valence-corrected chi connectivity index (χ2v) is 10.9. The Hall–Kier alpha value is -4.01. The van der Waals surface area contributed by atoms with E-state index in [1.165, 1.54) is 10.8 Å². The van der Waals surface area contributed by atoms with E-state index in [0.717, 1.165) is 23.9 Å². The summed E-state index contributed by atoms with van der Waals surface area (Å²) in [6.45, 7) is 13.0. The van der Waals surface area contributed by atoms with Gasteiger partial charge in [-0.3, -0.25) is 0 Å². The summed E-state index contributed by atoms with van der Waals surface area (Å²) in [5, 5.41) is 7.98. The number of ether oxygens (including phenoxy) is 3. The summed E-state index contributed by atoms with van der Waals surface area (Å²) in [7, 11) is 0. The van der Waals surface area contributed by atoms with Crippen LogP contribution in [0.1, 0.15) is 40.5 Å². The predicted octanol–water partition coefficient (Wildman–Crippen LogP) is 5.81. The molecule has 0 fully saturated rings. The van der Waals surface area contributed by atoms with E-state index in [2.05, 4.69) is 66.8 Å². The zero-order valence-electron chi connectivity index (χ0n) is 24.0. The van der Waals surface area contributed by atoms with Gasteiger partial charge in [-0.1, -0.05) is 63.7 Å². The van der Waals surface area contributed by atoms with Crippen molar-refractivity contribution in [3.05, 3.63) is 60.7 Å². The fraction of sp³-hybridized carbons (Fsp3) is 0.452. The van der Waals surface area contributed by atoms with Gasteiger partial charge in [0.05, 0.1) is 6.54 Å². The highest BCUT2D eigenvalue weighted by Gasteiger charge is 2.22. The third-order valence-corrected chi connectivity index (χ3v) is 6.64. The molecule has 2 amide bonds. The lowest BCUT2D eigenvalue weighted by atomic mass is 9.82. The number of amides is 2. The summed E-state index contributed by atoms with van der Waals surface area (Å²) in [5.74, 6) is -0.200. The molecule has 0 aliphatic rings. The second kappa shape index (κ2) is 14.4. The molecule has 1 atom stereocenters. The van der Waals surface area contributed by atoms with Gasteiger partial charge in [-0.15, -0.1) is 0 Å². The van der Waals surface area contributed by atoms with Gasteiger partial charge in [0.2, 0.25) is 0 Å². The number of hydrogen-bond donors (Lipinski definition) is 2. The molecule has 0 bridgehead atoms. The Labute approximate surface area is 235 Å². The molecular formula is C31H41N3O6. The van der Waals surface area contributed by atoms with E-state index in [0.29, 0.717) is 31.1 Å². The van der Waals surface area contributed by atoms with E-state index in [-0.39, 0.29) is 25.2 Å². The van der Waals surface area contributed by atoms with Crippen molar-refractivity contribution in [2.75, 3.05) is 32.9 Å². The summed E-state index contributed by atoms with van der Waals surface area (Å²) in [6.07, 6.45) is 0.640. The maximum atomic E-state index is 12.3. The number of aromatic nitrogens is 1. The zero-order valence-corrected chi connectivity index (χ0v) is 24.0. The molecule has 1 heterocycles. The number of rotatable bonds is 14. The van der Waals surface area contributed by atoms with Gasteiger partial charge in [0.25, 0.3) is 0 Å². The Kier molecular flexibility index (Phi) is 11.0. The van der Waals surface area contributed by atoms with Crippen LogP contribution in [0.2, 0.25) is 0 Å². The Morgan fingerprint density at radius 2 is 1.43 bits per heavy atom. The Balaban J connectivity index is 1.32. The molecule has 0 saturated carbocycles. The van der Waals surface area contributed by atoms with Gasteiger partial charge < -0.3 is 29.4 Å². The average molecular weight is 552 g/mol. The quantitative estimate of drug-likeness (QED) is 0.113. The van der Waals surface area contributed by atoms with Crippen LogP contribution in [0, 0.1) is 11.3 Å². The number of carbonyl (C=O) groups excluding carboxylic acids is 3. The van der Waals surface area contributed by atoms with Crippen LogP contribution in [0.5, 0.6) is 0 Å². The summed E-state index contributed by atoms with van der Waals surface area (Å²) < 4.78 is 17.6. The molecule has 9 nitrogen and oxygen atoms in total. The molecule has 0 radical (unpaired) electrons. The summed E-state index contributed by atoms with van der Waals surface area (Å²) in [6, 6.07) is 16.5. The fourth-order valence-corrected chi connectivity index (χ4v) is 4.82. The molecular weight excluding hydrogens is 510 g/mol. The molecule has 1 unspecified atom stereocenters. The van der Waals surface area contributed by atoms with Crippen molar-refractivity contribution in [1.82, 2.24) is 15.2 Å². The molecule has 216 valence electrons. The number of nitrogens with one attached hydrogen (secondary N) is 2. The molecule has 0 saturated heterocycles. The highest BCUT2D eigenvalue weighted by molar-refractivity contribution is 6.07. The van der Waals surface area contributed by atoms with Crippen LogP contribution in [-0.2, 0) is 25.5 Å². The van der Waals surface area contributed by atoms with Crippen LogP contribution in [0.25, 0.3) is 21.8 Å². The molecule has 3 rings (SSSR count). The number of hydrogen-bond acceptors (Lipinski definition) is 6. The Morgan fingerprint density at radius 1 is 0.875 bits per heavy atom. The first-order valence-electron chi connectivity index (χ1n) is 13.7. The number of fused-ring (bicyclic) bond motifs is 3. The van der Waals surface area contributed by atoms with E-state index in [4.69, 9.17) is 14.2 Å². The SMILES string of the molecule is C=C(C)C(=O)OCCOC(=O)NCC(C)(C)CC(C)CCNC(=O)OCCn1c2ccccc2c2ccccc21. The molecule has 0 aliphatic heterocycles. The molecule has 0 spiro atoms. The van der Waals surface area contributed by atoms with E-state index in [9.17, 15) is 14.4 Å². The monoisotopic (exact) mass is 551 g/mol. The standard InChI is InChI=1S/C31H41N3O6/c1-22(2)28(35)38-18-19-40-30(37)33-21-31(4,5)20-23(3)14-15-32-29(36)39-17-16-34-26-12-8-6-10-24(26)25-11-7-9-13-27(25)34/h6-13,23H,1,14-21H2,2-5H3,(H,32,36)(H,33,37). The van der Waals surface area contributed by atoms with Crippen LogP contribution in [0.15, 0.2) is 60.7 Å². The number of esters is 1. The molecule has 1 aromatic heterocycles. The van der Waals surface area contributed by atoms with Gasteiger partial charge in [-0.25, -0.2) is 14.4 Å². The van der Waals surface area contributed by atoms with E-state index >= 15 is 0 Å². The summed E-state index contributed by atoms with van der Waals surface area (Å²) >= 11 is 0. The topological polar surface area (TPSA) is 108 Å². The van der Waals surface area contributed by atoms with Crippen LogP contribution in [0.4, 0.5) is 9.59 Å². The first-order chi connectivity index (χ1) is 19.1. The lowest BCUT2D eigenvalue weighted by Gasteiger charge is -2.28. The highest BCUT2D eigenvalue weighted by Crippen LogP contribution is 2.28. The van der Waals surface area contributed by atoms with E-state index < -0.39 is 18.2 Å². The lowest BCUT2D eigenvalue weighted by molar-refractivity contribution is -0.139. The van der Waals surface area contributed by atoms with Gasteiger partial charge in [0.15, 0.2) is 0 Å². The highest BCUT2D eigenvalue weighted by atomic mass is 16.6. The third-order valence-electron chi connectivity index (χ3n) is 6.64. The van der Waals surface area contributed by atoms with E-state index in [1.807, 2.05) is 24.3 Å².